The second-order valence-corrected chi connectivity index (χ2v) is 9.93. The Balaban J connectivity index is 1.79. The van der Waals surface area contributed by atoms with Crippen LogP contribution in [-0.4, -0.2) is 49.3 Å². The third kappa shape index (κ3) is 4.07. The molecule has 0 bridgehead atoms. The average molecular weight is 394 g/mol. The van der Waals surface area contributed by atoms with E-state index in [1.807, 2.05) is 23.6 Å². The standard InChI is InChI=1S/C18H23N3O3S2/c1-26(23,24)12-7-16(22)21-10-8-18(9-11-21,14-5-3-2-4-6-14)15-13-25-17(19)20-15/h2-6,13H,7-12H2,1H3,(H2,19,20). The number of sulfone groups is 1. The first kappa shape index (κ1) is 18.8. The van der Waals surface area contributed by atoms with E-state index in [0.717, 1.165) is 24.8 Å². The molecular formula is C18H23N3O3S2. The molecule has 1 fully saturated rings. The van der Waals surface area contributed by atoms with Gasteiger partial charge in [0.05, 0.1) is 11.4 Å². The number of carbonyl (C=O) groups excluding carboxylic acids is 1. The van der Waals surface area contributed by atoms with E-state index in [1.54, 1.807) is 4.90 Å². The summed E-state index contributed by atoms with van der Waals surface area (Å²) < 4.78 is 22.6. The normalized spacial score (nSPS) is 17.2. The summed E-state index contributed by atoms with van der Waals surface area (Å²) in [5.41, 5.74) is 7.73. The van der Waals surface area contributed by atoms with Crippen molar-refractivity contribution in [3.05, 3.63) is 47.0 Å². The maximum Gasteiger partial charge on any atom is 0.223 e. The third-order valence-corrected chi connectivity index (χ3v) is 6.61. The third-order valence-electron chi connectivity index (χ3n) is 5.00. The minimum Gasteiger partial charge on any atom is -0.375 e. The van der Waals surface area contributed by atoms with Gasteiger partial charge in [-0.15, -0.1) is 11.3 Å². The highest BCUT2D eigenvalue weighted by Gasteiger charge is 2.40. The summed E-state index contributed by atoms with van der Waals surface area (Å²) in [6.45, 7) is 1.16. The van der Waals surface area contributed by atoms with E-state index in [9.17, 15) is 13.2 Å². The summed E-state index contributed by atoms with van der Waals surface area (Å²) in [7, 11) is -3.13. The second-order valence-electron chi connectivity index (χ2n) is 6.78. The van der Waals surface area contributed by atoms with Gasteiger partial charge >= 0.3 is 0 Å². The topological polar surface area (TPSA) is 93.4 Å². The number of nitrogens with zero attached hydrogens (tertiary/aromatic N) is 2. The van der Waals surface area contributed by atoms with Crippen molar-refractivity contribution >= 4 is 32.2 Å². The van der Waals surface area contributed by atoms with Gasteiger partial charge in [-0.1, -0.05) is 30.3 Å². The molecule has 140 valence electrons. The van der Waals surface area contributed by atoms with Crippen LogP contribution in [0.15, 0.2) is 35.7 Å². The van der Waals surface area contributed by atoms with Gasteiger partial charge in [0.25, 0.3) is 0 Å². The molecule has 1 saturated heterocycles. The van der Waals surface area contributed by atoms with Gasteiger partial charge < -0.3 is 10.6 Å². The Labute approximate surface area is 158 Å². The van der Waals surface area contributed by atoms with Crippen molar-refractivity contribution in [1.29, 1.82) is 0 Å². The molecule has 0 radical (unpaired) electrons. The minimum absolute atomic E-state index is 0.0425. The lowest BCUT2D eigenvalue weighted by atomic mass is 9.70. The molecule has 1 aromatic carbocycles. The summed E-state index contributed by atoms with van der Waals surface area (Å²) in [6, 6.07) is 10.2. The predicted molar refractivity (Wildman–Crippen MR) is 104 cm³/mol. The van der Waals surface area contributed by atoms with Crippen molar-refractivity contribution in [3.63, 3.8) is 0 Å². The van der Waals surface area contributed by atoms with Gasteiger partial charge in [-0.25, -0.2) is 13.4 Å². The number of thiazole rings is 1. The summed E-state index contributed by atoms with van der Waals surface area (Å²) in [6.07, 6.45) is 2.68. The van der Waals surface area contributed by atoms with Crippen molar-refractivity contribution in [2.24, 2.45) is 0 Å². The molecule has 8 heteroatoms. The van der Waals surface area contributed by atoms with Gasteiger partial charge in [-0.2, -0.15) is 0 Å². The monoisotopic (exact) mass is 393 g/mol. The summed E-state index contributed by atoms with van der Waals surface area (Å²) in [5, 5.41) is 2.55. The molecule has 1 aliphatic heterocycles. The molecule has 2 heterocycles. The van der Waals surface area contributed by atoms with Crippen LogP contribution >= 0.6 is 11.3 Å². The molecule has 6 nitrogen and oxygen atoms in total. The first-order valence-corrected chi connectivity index (χ1v) is 11.5. The molecule has 0 unspecified atom stereocenters. The van der Waals surface area contributed by atoms with Crippen molar-refractivity contribution in [2.75, 3.05) is 30.8 Å². The number of aromatic nitrogens is 1. The summed E-state index contributed by atoms with van der Waals surface area (Å²) in [4.78, 5) is 18.7. The first-order valence-electron chi connectivity index (χ1n) is 8.53. The summed E-state index contributed by atoms with van der Waals surface area (Å²) >= 11 is 1.43. The van der Waals surface area contributed by atoms with Gasteiger partial charge in [0, 0.05) is 36.6 Å². The molecule has 1 amide bonds. The Kier molecular flexibility index (Phi) is 5.34. The number of anilines is 1. The minimum atomic E-state index is -3.13. The quantitative estimate of drug-likeness (QED) is 0.839. The van der Waals surface area contributed by atoms with E-state index in [0.29, 0.717) is 18.2 Å². The van der Waals surface area contributed by atoms with Crippen LogP contribution in [0.2, 0.25) is 0 Å². The maximum absolute atomic E-state index is 12.4. The number of nitrogens with two attached hydrogens (primary N) is 1. The Bertz CT molecular complexity index is 870. The average Bonchev–Trinajstić information content (AvgIpc) is 3.07. The maximum atomic E-state index is 12.4. The van der Waals surface area contributed by atoms with Crippen molar-refractivity contribution in [3.8, 4) is 0 Å². The van der Waals surface area contributed by atoms with Gasteiger partial charge in [0.15, 0.2) is 5.13 Å². The Hall–Kier alpha value is -1.93. The van der Waals surface area contributed by atoms with E-state index in [1.165, 1.54) is 16.9 Å². The van der Waals surface area contributed by atoms with E-state index in [2.05, 4.69) is 17.1 Å². The van der Waals surface area contributed by atoms with Crippen LogP contribution in [0.3, 0.4) is 0 Å². The predicted octanol–water partition coefficient (Wildman–Crippen LogP) is 2.07. The molecule has 26 heavy (non-hydrogen) atoms. The number of amides is 1. The van der Waals surface area contributed by atoms with Crippen LogP contribution in [0.1, 0.15) is 30.5 Å². The Morgan fingerprint density at radius 1 is 1.27 bits per heavy atom. The van der Waals surface area contributed by atoms with Gasteiger partial charge in [0.1, 0.15) is 9.84 Å². The zero-order valence-electron chi connectivity index (χ0n) is 14.7. The highest BCUT2D eigenvalue weighted by atomic mass is 32.2. The smallest absolute Gasteiger partial charge is 0.223 e. The van der Waals surface area contributed by atoms with E-state index >= 15 is 0 Å². The number of nitrogen functional groups attached to an aromatic ring is 1. The number of benzene rings is 1. The number of likely N-dealkylation sites (tertiary alicyclic amines) is 1. The van der Waals surface area contributed by atoms with Gasteiger partial charge in [-0.3, -0.25) is 4.79 Å². The molecule has 0 aliphatic carbocycles. The van der Waals surface area contributed by atoms with E-state index in [-0.39, 0.29) is 23.5 Å². The molecule has 2 N–H and O–H groups in total. The van der Waals surface area contributed by atoms with E-state index < -0.39 is 9.84 Å². The lowest BCUT2D eigenvalue weighted by molar-refractivity contribution is -0.132. The Morgan fingerprint density at radius 2 is 1.92 bits per heavy atom. The molecule has 1 aliphatic rings. The van der Waals surface area contributed by atoms with Crippen LogP contribution in [-0.2, 0) is 20.0 Å². The number of rotatable bonds is 5. The SMILES string of the molecule is CS(=O)(=O)CCC(=O)N1CCC(c2ccccc2)(c2csc(N)n2)CC1. The molecule has 0 atom stereocenters. The van der Waals surface area contributed by atoms with Crippen molar-refractivity contribution < 1.29 is 13.2 Å². The molecule has 2 aromatic rings. The van der Waals surface area contributed by atoms with Crippen molar-refractivity contribution in [2.45, 2.75) is 24.7 Å². The number of hydrogen-bond acceptors (Lipinski definition) is 6. The number of carbonyl (C=O) groups is 1. The largest absolute Gasteiger partial charge is 0.375 e. The van der Waals surface area contributed by atoms with E-state index in [4.69, 9.17) is 5.73 Å². The molecule has 3 rings (SSSR count). The van der Waals surface area contributed by atoms with Crippen LogP contribution in [0.25, 0.3) is 0 Å². The van der Waals surface area contributed by atoms with Crippen LogP contribution < -0.4 is 5.73 Å². The van der Waals surface area contributed by atoms with Crippen molar-refractivity contribution in [1.82, 2.24) is 9.88 Å². The number of hydrogen-bond donors (Lipinski definition) is 1. The van der Waals surface area contributed by atoms with Crippen LogP contribution in [0.4, 0.5) is 5.13 Å². The molecular weight excluding hydrogens is 370 g/mol. The fraction of sp³-hybridized carbons (Fsp3) is 0.444. The lowest BCUT2D eigenvalue weighted by Gasteiger charge is -2.41. The second kappa shape index (κ2) is 7.36. The van der Waals surface area contributed by atoms with Crippen LogP contribution in [0, 0.1) is 0 Å². The van der Waals surface area contributed by atoms with Gasteiger partial charge in [0.2, 0.25) is 5.91 Å². The first-order chi connectivity index (χ1) is 12.3. The lowest BCUT2D eigenvalue weighted by Crippen LogP contribution is -2.46. The summed E-state index contributed by atoms with van der Waals surface area (Å²) in [5.74, 6) is -0.204. The zero-order chi connectivity index (χ0) is 18.8. The van der Waals surface area contributed by atoms with Crippen LogP contribution in [0.5, 0.6) is 0 Å². The van der Waals surface area contributed by atoms with Gasteiger partial charge in [-0.05, 0) is 18.4 Å². The molecule has 0 saturated carbocycles. The fourth-order valence-electron chi connectivity index (χ4n) is 3.53. The Morgan fingerprint density at radius 3 is 2.46 bits per heavy atom. The zero-order valence-corrected chi connectivity index (χ0v) is 16.4. The molecule has 1 aromatic heterocycles. The fourth-order valence-corrected chi connectivity index (χ4v) is 4.73. The number of piperidine rings is 1. The highest BCUT2D eigenvalue weighted by molar-refractivity contribution is 7.90. The molecule has 0 spiro atoms. The highest BCUT2D eigenvalue weighted by Crippen LogP contribution is 2.42.